The highest BCUT2D eigenvalue weighted by Gasteiger charge is 2.21. The summed E-state index contributed by atoms with van der Waals surface area (Å²) in [5.74, 6) is 0.654. The van der Waals surface area contributed by atoms with Crippen LogP contribution in [0.25, 0.3) is 0 Å². The monoisotopic (exact) mass is 456 g/mol. The molecule has 0 saturated carbocycles. The summed E-state index contributed by atoms with van der Waals surface area (Å²) in [6, 6.07) is 9.03. The van der Waals surface area contributed by atoms with Gasteiger partial charge in [-0.3, -0.25) is 0 Å². The van der Waals surface area contributed by atoms with Gasteiger partial charge in [-0.1, -0.05) is 39.1 Å². The molecule has 0 spiro atoms. The van der Waals surface area contributed by atoms with Gasteiger partial charge in [0.1, 0.15) is 5.75 Å². The van der Waals surface area contributed by atoms with Crippen LogP contribution >= 0.6 is 66.7 Å². The lowest BCUT2D eigenvalue weighted by Crippen LogP contribution is -1.99. The van der Waals surface area contributed by atoms with Crippen LogP contribution in [0.4, 0.5) is 0 Å². The molecule has 2 aromatic carbocycles. The highest BCUT2D eigenvalue weighted by molar-refractivity contribution is 9.10. The Morgan fingerprint density at radius 2 is 1.60 bits per heavy atom. The van der Waals surface area contributed by atoms with Crippen molar-refractivity contribution in [3.05, 3.63) is 60.4 Å². The maximum absolute atomic E-state index is 6.59. The van der Waals surface area contributed by atoms with Crippen LogP contribution in [0.15, 0.2) is 39.3 Å². The zero-order valence-corrected chi connectivity index (χ0v) is 15.7. The molecule has 1 unspecified atom stereocenters. The van der Waals surface area contributed by atoms with E-state index in [0.29, 0.717) is 15.8 Å². The summed E-state index contributed by atoms with van der Waals surface area (Å²) in [5.41, 5.74) is 1.63. The van der Waals surface area contributed by atoms with Gasteiger partial charge in [0.25, 0.3) is 0 Å². The molecule has 20 heavy (non-hydrogen) atoms. The van der Waals surface area contributed by atoms with Crippen molar-refractivity contribution in [3.8, 4) is 5.75 Å². The van der Waals surface area contributed by atoms with Crippen LogP contribution in [0.3, 0.4) is 0 Å². The van der Waals surface area contributed by atoms with E-state index < -0.39 is 5.38 Å². The standard InChI is InChI=1S/C14H9Br2Cl3O/c1-20-14-10(5-8(18)6-12(14)16)13(19)9-4-7(17)2-3-11(9)15/h2-6,13H,1H3. The fourth-order valence-corrected chi connectivity index (χ4v) is 3.99. The molecule has 0 saturated heterocycles. The molecule has 0 radical (unpaired) electrons. The zero-order valence-electron chi connectivity index (χ0n) is 10.3. The molecule has 0 aliphatic rings. The Balaban J connectivity index is 2.58. The number of ether oxygens (including phenoxy) is 1. The zero-order chi connectivity index (χ0) is 14.9. The van der Waals surface area contributed by atoms with Gasteiger partial charge in [0, 0.05) is 20.1 Å². The highest BCUT2D eigenvalue weighted by atomic mass is 79.9. The molecule has 0 heterocycles. The lowest BCUT2D eigenvalue weighted by Gasteiger charge is -2.17. The van der Waals surface area contributed by atoms with Crippen molar-refractivity contribution < 1.29 is 4.74 Å². The normalized spacial score (nSPS) is 12.3. The number of hydrogen-bond donors (Lipinski definition) is 0. The van der Waals surface area contributed by atoms with E-state index in [9.17, 15) is 0 Å². The third-order valence-corrected chi connectivity index (χ3v) is 4.98. The lowest BCUT2D eigenvalue weighted by molar-refractivity contribution is 0.407. The van der Waals surface area contributed by atoms with Crippen LogP contribution in [0.2, 0.25) is 10.0 Å². The fraction of sp³-hybridized carbons (Fsp3) is 0.143. The van der Waals surface area contributed by atoms with Gasteiger partial charge in [0.2, 0.25) is 0 Å². The molecule has 6 heteroatoms. The first-order valence-corrected chi connectivity index (χ1v) is 8.33. The molecular weight excluding hydrogens is 450 g/mol. The van der Waals surface area contributed by atoms with Crippen LogP contribution in [0, 0.1) is 0 Å². The summed E-state index contributed by atoms with van der Waals surface area (Å²) in [5, 5.41) is 0.762. The van der Waals surface area contributed by atoms with Crippen LogP contribution in [-0.4, -0.2) is 7.11 Å². The number of methoxy groups -OCH3 is 1. The van der Waals surface area contributed by atoms with Gasteiger partial charge >= 0.3 is 0 Å². The summed E-state index contributed by atoms with van der Waals surface area (Å²) in [6.45, 7) is 0. The van der Waals surface area contributed by atoms with E-state index in [2.05, 4.69) is 31.9 Å². The van der Waals surface area contributed by atoms with Crippen molar-refractivity contribution in [2.75, 3.05) is 7.11 Å². The second kappa shape index (κ2) is 6.89. The molecule has 1 atom stereocenters. The Kier molecular flexibility index (Phi) is 5.66. The summed E-state index contributed by atoms with van der Waals surface area (Å²) < 4.78 is 7.04. The Bertz CT molecular complexity index is 647. The molecule has 0 fully saturated rings. The summed E-state index contributed by atoms with van der Waals surface area (Å²) >= 11 is 25.6. The Hall–Kier alpha value is 0.0700. The third kappa shape index (κ3) is 3.45. The van der Waals surface area contributed by atoms with Crippen molar-refractivity contribution in [1.82, 2.24) is 0 Å². The second-order valence-corrected chi connectivity index (χ2v) is 7.06. The fourth-order valence-electron chi connectivity index (χ4n) is 1.86. The topological polar surface area (TPSA) is 9.23 Å². The molecule has 0 N–H and O–H groups in total. The molecule has 2 rings (SSSR count). The van der Waals surface area contributed by atoms with Crippen molar-refractivity contribution in [3.63, 3.8) is 0 Å². The SMILES string of the molecule is COc1c(Br)cc(Cl)cc1C(Cl)c1cc(Cl)ccc1Br. The number of rotatable bonds is 3. The molecule has 0 aliphatic heterocycles. The van der Waals surface area contributed by atoms with Crippen molar-refractivity contribution in [2.24, 2.45) is 0 Å². The van der Waals surface area contributed by atoms with E-state index in [0.717, 1.165) is 20.1 Å². The van der Waals surface area contributed by atoms with Crippen LogP contribution < -0.4 is 4.74 Å². The average Bonchev–Trinajstić information content (AvgIpc) is 2.40. The van der Waals surface area contributed by atoms with Gasteiger partial charge in [-0.15, -0.1) is 11.6 Å². The summed E-state index contributed by atoms with van der Waals surface area (Å²) in [4.78, 5) is 0. The molecule has 0 aromatic heterocycles. The maximum atomic E-state index is 6.59. The van der Waals surface area contributed by atoms with Crippen LogP contribution in [0.5, 0.6) is 5.75 Å². The van der Waals surface area contributed by atoms with Crippen molar-refractivity contribution in [2.45, 2.75) is 5.38 Å². The number of hydrogen-bond acceptors (Lipinski definition) is 1. The minimum absolute atomic E-state index is 0.437. The van der Waals surface area contributed by atoms with Gasteiger partial charge in [0.15, 0.2) is 0 Å². The van der Waals surface area contributed by atoms with E-state index in [1.165, 1.54) is 0 Å². The molecule has 106 valence electrons. The number of alkyl halides is 1. The van der Waals surface area contributed by atoms with Crippen molar-refractivity contribution in [1.29, 1.82) is 0 Å². The van der Waals surface area contributed by atoms with Crippen LogP contribution in [-0.2, 0) is 0 Å². The number of benzene rings is 2. The summed E-state index contributed by atoms with van der Waals surface area (Å²) in [7, 11) is 1.59. The lowest BCUT2D eigenvalue weighted by atomic mass is 10.0. The largest absolute Gasteiger partial charge is 0.495 e. The molecule has 0 bridgehead atoms. The first kappa shape index (κ1) is 16.4. The smallest absolute Gasteiger partial charge is 0.138 e. The highest BCUT2D eigenvalue weighted by Crippen LogP contribution is 2.43. The molecule has 0 amide bonds. The van der Waals surface area contributed by atoms with Gasteiger partial charge in [0.05, 0.1) is 17.0 Å². The van der Waals surface area contributed by atoms with E-state index in [-0.39, 0.29) is 0 Å². The molecular formula is C14H9Br2Cl3O. The predicted octanol–water partition coefficient (Wildman–Crippen LogP) is 6.86. The Morgan fingerprint density at radius 1 is 0.950 bits per heavy atom. The Morgan fingerprint density at radius 3 is 2.25 bits per heavy atom. The van der Waals surface area contributed by atoms with Crippen molar-refractivity contribution >= 4 is 66.7 Å². The van der Waals surface area contributed by atoms with E-state index in [1.54, 1.807) is 25.3 Å². The molecule has 1 nitrogen and oxygen atoms in total. The molecule has 0 aliphatic carbocycles. The number of halogens is 5. The van der Waals surface area contributed by atoms with Crippen LogP contribution in [0.1, 0.15) is 16.5 Å². The van der Waals surface area contributed by atoms with E-state index in [1.807, 2.05) is 12.1 Å². The predicted molar refractivity (Wildman–Crippen MR) is 92.6 cm³/mol. The Labute approximate surface area is 149 Å². The van der Waals surface area contributed by atoms with Gasteiger partial charge < -0.3 is 4.74 Å². The summed E-state index contributed by atoms with van der Waals surface area (Å²) in [6.07, 6.45) is 0. The molecule has 2 aromatic rings. The van der Waals surface area contributed by atoms with Gasteiger partial charge in [-0.2, -0.15) is 0 Å². The van der Waals surface area contributed by atoms with E-state index >= 15 is 0 Å². The maximum Gasteiger partial charge on any atom is 0.138 e. The third-order valence-electron chi connectivity index (χ3n) is 2.75. The minimum atomic E-state index is -0.437. The van der Waals surface area contributed by atoms with E-state index in [4.69, 9.17) is 39.5 Å². The van der Waals surface area contributed by atoms with Gasteiger partial charge in [-0.05, 0) is 51.8 Å². The minimum Gasteiger partial charge on any atom is -0.495 e. The van der Waals surface area contributed by atoms with Gasteiger partial charge in [-0.25, -0.2) is 0 Å². The first-order chi connectivity index (χ1) is 9.43. The second-order valence-electron chi connectivity index (χ2n) is 4.04. The quantitative estimate of drug-likeness (QED) is 0.456. The first-order valence-electron chi connectivity index (χ1n) is 5.56. The average molecular weight is 459 g/mol.